The molecule has 0 aliphatic heterocycles. The fourth-order valence-corrected chi connectivity index (χ4v) is 2.14. The molecule has 2 aromatic rings. The van der Waals surface area contributed by atoms with Gasteiger partial charge >= 0.3 is 5.97 Å². The molecule has 0 bridgehead atoms. The molecular formula is C10H13N5O2S. The summed E-state index contributed by atoms with van der Waals surface area (Å²) in [7, 11) is 1.74. The monoisotopic (exact) mass is 267 g/mol. The van der Waals surface area contributed by atoms with E-state index in [4.69, 9.17) is 0 Å². The summed E-state index contributed by atoms with van der Waals surface area (Å²) in [6.45, 7) is 1.95. The van der Waals surface area contributed by atoms with Gasteiger partial charge < -0.3 is 10.4 Å². The van der Waals surface area contributed by atoms with Crippen molar-refractivity contribution in [2.45, 2.75) is 19.4 Å². The predicted octanol–water partition coefficient (Wildman–Crippen LogP) is 1.07. The van der Waals surface area contributed by atoms with Gasteiger partial charge in [0.25, 0.3) is 0 Å². The molecule has 0 aliphatic carbocycles. The van der Waals surface area contributed by atoms with Crippen molar-refractivity contribution in [3.63, 3.8) is 0 Å². The number of carbonyl (C=O) groups is 1. The van der Waals surface area contributed by atoms with Gasteiger partial charge in [-0.25, -0.2) is 9.78 Å². The third-order valence-corrected chi connectivity index (χ3v) is 3.04. The first-order chi connectivity index (χ1) is 8.60. The topological polar surface area (TPSA) is 92.9 Å². The number of aryl methyl sites for hydroxylation is 2. The molecule has 2 aromatic heterocycles. The maximum Gasteiger partial charge on any atom is 0.331 e. The minimum Gasteiger partial charge on any atom is -0.479 e. The number of hydrogen-bond acceptors (Lipinski definition) is 6. The zero-order valence-electron chi connectivity index (χ0n) is 9.99. The SMILES string of the molecule is CCc1nsc(NC(C(=O)O)c2cnn(C)c2)n1. The van der Waals surface area contributed by atoms with Crippen molar-refractivity contribution in [2.24, 2.45) is 7.05 Å². The van der Waals surface area contributed by atoms with Crippen molar-refractivity contribution in [3.05, 3.63) is 23.8 Å². The molecule has 0 aliphatic rings. The summed E-state index contributed by atoms with van der Waals surface area (Å²) in [4.78, 5) is 15.4. The third-order valence-electron chi connectivity index (χ3n) is 2.36. The normalized spacial score (nSPS) is 12.3. The van der Waals surface area contributed by atoms with Gasteiger partial charge in [-0.3, -0.25) is 4.68 Å². The largest absolute Gasteiger partial charge is 0.479 e. The number of rotatable bonds is 5. The van der Waals surface area contributed by atoms with Crippen molar-refractivity contribution >= 4 is 22.6 Å². The first kappa shape index (κ1) is 12.5. The second-order valence-corrected chi connectivity index (χ2v) is 4.48. The Bertz CT molecular complexity index is 550. The molecule has 0 amide bonds. The van der Waals surface area contributed by atoms with Gasteiger partial charge in [-0.1, -0.05) is 6.92 Å². The van der Waals surface area contributed by atoms with Gasteiger partial charge in [-0.2, -0.15) is 9.47 Å². The minimum absolute atomic E-state index is 0.503. The molecule has 0 saturated carbocycles. The lowest BCUT2D eigenvalue weighted by Crippen LogP contribution is -2.20. The molecule has 0 radical (unpaired) electrons. The van der Waals surface area contributed by atoms with E-state index in [0.717, 1.165) is 18.0 Å². The van der Waals surface area contributed by atoms with E-state index in [0.29, 0.717) is 16.5 Å². The second-order valence-electron chi connectivity index (χ2n) is 3.73. The summed E-state index contributed by atoms with van der Waals surface area (Å²) >= 11 is 1.16. The van der Waals surface area contributed by atoms with Crippen LogP contribution in [0.3, 0.4) is 0 Å². The first-order valence-corrected chi connectivity index (χ1v) is 6.18. The number of nitrogens with one attached hydrogen (secondary N) is 1. The highest BCUT2D eigenvalue weighted by molar-refractivity contribution is 7.09. The Kier molecular flexibility index (Phi) is 3.56. The fraction of sp³-hybridized carbons (Fsp3) is 0.400. The first-order valence-electron chi connectivity index (χ1n) is 5.40. The maximum absolute atomic E-state index is 11.2. The third kappa shape index (κ3) is 2.65. The molecule has 2 N–H and O–H groups in total. The van der Waals surface area contributed by atoms with Crippen LogP contribution >= 0.6 is 11.5 Å². The molecule has 7 nitrogen and oxygen atoms in total. The number of nitrogens with zero attached hydrogens (tertiary/aromatic N) is 4. The van der Waals surface area contributed by atoms with E-state index < -0.39 is 12.0 Å². The molecule has 8 heteroatoms. The average molecular weight is 267 g/mol. The summed E-state index contributed by atoms with van der Waals surface area (Å²) in [6.07, 6.45) is 3.91. The summed E-state index contributed by atoms with van der Waals surface area (Å²) in [6, 6.07) is -0.864. The Morgan fingerprint density at radius 2 is 2.44 bits per heavy atom. The molecule has 2 heterocycles. The minimum atomic E-state index is -0.976. The smallest absolute Gasteiger partial charge is 0.331 e. The summed E-state index contributed by atoms with van der Waals surface area (Å²) in [5.74, 6) is -0.269. The van der Waals surface area contributed by atoms with Gasteiger partial charge in [0.05, 0.1) is 6.20 Å². The Morgan fingerprint density at radius 1 is 1.67 bits per heavy atom. The van der Waals surface area contributed by atoms with Crippen LogP contribution in [0.2, 0.25) is 0 Å². The Balaban J connectivity index is 2.19. The zero-order chi connectivity index (χ0) is 13.1. The molecule has 1 atom stereocenters. The van der Waals surface area contributed by atoms with Crippen molar-refractivity contribution in [1.82, 2.24) is 19.1 Å². The Hall–Kier alpha value is -1.96. The van der Waals surface area contributed by atoms with Crippen LogP contribution in [0.4, 0.5) is 5.13 Å². The van der Waals surface area contributed by atoms with Gasteiger partial charge in [0.2, 0.25) is 5.13 Å². The average Bonchev–Trinajstić information content (AvgIpc) is 2.94. The maximum atomic E-state index is 11.2. The highest BCUT2D eigenvalue weighted by Crippen LogP contribution is 2.21. The van der Waals surface area contributed by atoms with Gasteiger partial charge in [0.1, 0.15) is 5.82 Å². The Labute approximate surface area is 108 Å². The lowest BCUT2D eigenvalue weighted by Gasteiger charge is -2.10. The highest BCUT2D eigenvalue weighted by atomic mass is 32.1. The summed E-state index contributed by atoms with van der Waals surface area (Å²) in [5, 5.41) is 16.5. The molecular weight excluding hydrogens is 254 g/mol. The quantitative estimate of drug-likeness (QED) is 0.841. The molecule has 0 aromatic carbocycles. The summed E-state index contributed by atoms with van der Waals surface area (Å²) < 4.78 is 5.66. The van der Waals surface area contributed by atoms with Crippen LogP contribution in [-0.2, 0) is 18.3 Å². The van der Waals surface area contributed by atoms with Crippen molar-refractivity contribution in [3.8, 4) is 0 Å². The van der Waals surface area contributed by atoms with Crippen LogP contribution in [0.15, 0.2) is 12.4 Å². The van der Waals surface area contributed by atoms with E-state index in [1.165, 1.54) is 6.20 Å². The molecule has 2 rings (SSSR count). The molecule has 0 spiro atoms. The van der Waals surface area contributed by atoms with E-state index in [-0.39, 0.29) is 0 Å². The van der Waals surface area contributed by atoms with Crippen LogP contribution < -0.4 is 5.32 Å². The van der Waals surface area contributed by atoms with E-state index in [1.54, 1.807) is 17.9 Å². The van der Waals surface area contributed by atoms with Crippen molar-refractivity contribution in [1.29, 1.82) is 0 Å². The van der Waals surface area contributed by atoms with E-state index in [2.05, 4.69) is 19.8 Å². The lowest BCUT2D eigenvalue weighted by molar-refractivity contribution is -0.138. The molecule has 96 valence electrons. The van der Waals surface area contributed by atoms with Crippen molar-refractivity contribution < 1.29 is 9.90 Å². The van der Waals surface area contributed by atoms with Crippen molar-refractivity contribution in [2.75, 3.05) is 5.32 Å². The predicted molar refractivity (Wildman–Crippen MR) is 66.5 cm³/mol. The Morgan fingerprint density at radius 3 is 2.94 bits per heavy atom. The van der Waals surface area contributed by atoms with E-state index in [1.807, 2.05) is 6.92 Å². The highest BCUT2D eigenvalue weighted by Gasteiger charge is 2.22. The number of carboxylic acid groups (broad SMARTS) is 1. The second kappa shape index (κ2) is 5.13. The summed E-state index contributed by atoms with van der Waals surface area (Å²) in [5.41, 5.74) is 0.582. The lowest BCUT2D eigenvalue weighted by atomic mass is 10.2. The van der Waals surface area contributed by atoms with Gasteiger partial charge in [0, 0.05) is 36.8 Å². The van der Waals surface area contributed by atoms with Crippen LogP contribution in [0, 0.1) is 0 Å². The molecule has 18 heavy (non-hydrogen) atoms. The standard InChI is InChI=1S/C10H13N5O2S/c1-3-7-12-10(18-14-7)13-8(9(16)17)6-4-11-15(2)5-6/h4-5,8H,3H2,1-2H3,(H,16,17)(H,12,13,14). The van der Waals surface area contributed by atoms with Crippen LogP contribution in [0.25, 0.3) is 0 Å². The van der Waals surface area contributed by atoms with Crippen LogP contribution in [-0.4, -0.2) is 30.2 Å². The number of carboxylic acids is 1. The molecule has 1 unspecified atom stereocenters. The van der Waals surface area contributed by atoms with Gasteiger partial charge in [-0.15, -0.1) is 0 Å². The number of aromatic nitrogens is 4. The molecule has 0 saturated heterocycles. The van der Waals surface area contributed by atoms with Gasteiger partial charge in [-0.05, 0) is 0 Å². The number of aliphatic carboxylic acids is 1. The number of hydrogen-bond donors (Lipinski definition) is 2. The van der Waals surface area contributed by atoms with Crippen LogP contribution in [0.5, 0.6) is 0 Å². The zero-order valence-corrected chi connectivity index (χ0v) is 10.8. The van der Waals surface area contributed by atoms with E-state index >= 15 is 0 Å². The van der Waals surface area contributed by atoms with Gasteiger partial charge in [0.15, 0.2) is 6.04 Å². The molecule has 0 fully saturated rings. The number of anilines is 1. The van der Waals surface area contributed by atoms with E-state index in [9.17, 15) is 9.90 Å². The van der Waals surface area contributed by atoms with Crippen LogP contribution in [0.1, 0.15) is 24.4 Å². The fourth-order valence-electron chi connectivity index (χ4n) is 1.46.